The zero-order chi connectivity index (χ0) is 28.3. The predicted octanol–water partition coefficient (Wildman–Crippen LogP) is 4.69. The zero-order valence-corrected chi connectivity index (χ0v) is 23.5. The number of sulfone groups is 1. The van der Waals surface area contributed by atoms with Gasteiger partial charge in [-0.05, 0) is 47.2 Å². The highest BCUT2D eigenvalue weighted by Gasteiger charge is 2.31. The number of fused-ring (bicyclic) bond motifs is 1. The highest BCUT2D eigenvalue weighted by molar-refractivity contribution is 7.90. The van der Waals surface area contributed by atoms with E-state index in [0.29, 0.717) is 17.1 Å². The topological polar surface area (TPSA) is 104 Å². The van der Waals surface area contributed by atoms with Crippen LogP contribution in [0.25, 0.3) is 11.3 Å². The van der Waals surface area contributed by atoms with Crippen LogP contribution >= 0.6 is 11.7 Å². The third kappa shape index (κ3) is 6.72. The Balaban J connectivity index is 1.40. The van der Waals surface area contributed by atoms with Crippen LogP contribution in [0.5, 0.6) is 0 Å². The lowest BCUT2D eigenvalue weighted by atomic mass is 9.97. The van der Waals surface area contributed by atoms with Crippen LogP contribution in [-0.4, -0.2) is 46.7 Å². The molecule has 2 heterocycles. The molecule has 0 amide bonds. The summed E-state index contributed by atoms with van der Waals surface area (Å²) in [4.78, 5) is 0. The van der Waals surface area contributed by atoms with Crippen molar-refractivity contribution in [1.82, 2.24) is 14.1 Å². The highest BCUT2D eigenvalue weighted by Crippen LogP contribution is 2.30. The van der Waals surface area contributed by atoms with Crippen LogP contribution in [0.3, 0.4) is 0 Å². The summed E-state index contributed by atoms with van der Waals surface area (Å²) in [6, 6.07) is 17.3. The first-order valence-corrected chi connectivity index (χ1v) is 15.6. The Bertz CT molecular complexity index is 1560. The monoisotopic (exact) mass is 584 g/mol. The molecule has 3 atom stereocenters. The number of aliphatic hydroxyl groups is 1. The summed E-state index contributed by atoms with van der Waals surface area (Å²) in [5.41, 5.74) is 4.55. The molecule has 0 saturated heterocycles. The smallest absolute Gasteiger partial charge is 0.168 e. The van der Waals surface area contributed by atoms with E-state index < -0.39 is 39.7 Å². The molecule has 0 saturated carbocycles. The van der Waals surface area contributed by atoms with Crippen molar-refractivity contribution < 1.29 is 22.3 Å². The average molecular weight is 585 g/mol. The van der Waals surface area contributed by atoms with Gasteiger partial charge in [0.05, 0.1) is 35.4 Å². The van der Waals surface area contributed by atoms with Gasteiger partial charge in [-0.2, -0.15) is 8.75 Å². The van der Waals surface area contributed by atoms with Crippen LogP contribution in [0.4, 0.5) is 14.6 Å². The Morgan fingerprint density at radius 1 is 1.02 bits per heavy atom. The number of nitrogens with one attached hydrogen (secondary N) is 2. The zero-order valence-electron chi connectivity index (χ0n) is 21.8. The molecule has 4 aromatic rings. The number of aryl methyl sites for hydroxylation is 1. The van der Waals surface area contributed by atoms with Gasteiger partial charge >= 0.3 is 0 Å². The molecule has 5 rings (SSSR count). The number of hydrogen-bond acceptors (Lipinski definition) is 8. The van der Waals surface area contributed by atoms with E-state index in [1.54, 1.807) is 0 Å². The van der Waals surface area contributed by atoms with E-state index in [9.17, 15) is 22.3 Å². The van der Waals surface area contributed by atoms with Crippen molar-refractivity contribution in [2.45, 2.75) is 43.7 Å². The molecule has 7 nitrogen and oxygen atoms in total. The second-order valence-corrected chi connectivity index (χ2v) is 12.7. The summed E-state index contributed by atoms with van der Waals surface area (Å²) in [6.07, 6.45) is -0.168. The van der Waals surface area contributed by atoms with Crippen molar-refractivity contribution >= 4 is 27.4 Å². The second-order valence-electron chi connectivity index (χ2n) is 10.0. The van der Waals surface area contributed by atoms with E-state index in [1.165, 1.54) is 12.1 Å². The highest BCUT2D eigenvalue weighted by atomic mass is 32.2. The van der Waals surface area contributed by atoms with Crippen molar-refractivity contribution in [3.05, 3.63) is 101 Å². The van der Waals surface area contributed by atoms with Gasteiger partial charge in [0, 0.05) is 24.2 Å². The lowest BCUT2D eigenvalue weighted by molar-refractivity contribution is 0.145. The molecular weight excluding hydrogens is 554 g/mol. The van der Waals surface area contributed by atoms with Gasteiger partial charge in [0.15, 0.2) is 15.7 Å². The summed E-state index contributed by atoms with van der Waals surface area (Å²) in [7, 11) is -3.33. The van der Waals surface area contributed by atoms with Crippen LogP contribution in [0.2, 0.25) is 0 Å². The van der Waals surface area contributed by atoms with Crippen molar-refractivity contribution in [2.75, 3.05) is 17.6 Å². The number of halogens is 2. The molecule has 3 aromatic carbocycles. The molecule has 1 aliphatic heterocycles. The molecule has 0 fully saturated rings. The molecule has 1 aliphatic rings. The third-order valence-corrected chi connectivity index (χ3v) is 9.18. The Morgan fingerprint density at radius 3 is 2.50 bits per heavy atom. The van der Waals surface area contributed by atoms with Crippen LogP contribution in [0, 0.1) is 11.6 Å². The summed E-state index contributed by atoms with van der Waals surface area (Å²) in [6.45, 7) is 2.07. The first-order chi connectivity index (χ1) is 19.2. The number of rotatable bonds is 10. The maximum atomic E-state index is 14.0. The molecule has 3 N–H and O–H groups in total. The second kappa shape index (κ2) is 12.1. The van der Waals surface area contributed by atoms with E-state index in [1.807, 2.05) is 55.5 Å². The minimum atomic E-state index is -3.33. The largest absolute Gasteiger partial charge is 0.390 e. The Labute approximate surface area is 236 Å². The SMILES string of the molecule is CCc1ccc2c(c1)C(NCC(O)C(Cc1cc(F)cc(F)c1)Nc1nsnc1-c1ccccc1)CS(=O)(=O)C2. The average Bonchev–Trinajstić information content (AvgIpc) is 3.38. The van der Waals surface area contributed by atoms with Gasteiger partial charge in [0.25, 0.3) is 0 Å². The molecule has 210 valence electrons. The lowest BCUT2D eigenvalue weighted by Gasteiger charge is -2.30. The van der Waals surface area contributed by atoms with Gasteiger partial charge in [0.2, 0.25) is 0 Å². The standard InChI is InChI=1S/C29H30F2N4O3S2/c1-2-18-8-9-21-16-40(37,38)17-26(24(21)12-18)32-15-27(36)25(13-19-10-22(30)14-23(31)11-19)33-29-28(34-39-35-29)20-6-4-3-5-7-20/h3-12,14,25-27,32,36H,2,13,15-17H2,1H3,(H,33,35). The molecule has 1 aromatic heterocycles. The fourth-order valence-corrected chi connectivity index (χ4v) is 7.24. The van der Waals surface area contributed by atoms with Gasteiger partial charge < -0.3 is 15.7 Å². The summed E-state index contributed by atoms with van der Waals surface area (Å²) >= 11 is 1.01. The van der Waals surface area contributed by atoms with Gasteiger partial charge in [-0.25, -0.2) is 17.2 Å². The van der Waals surface area contributed by atoms with E-state index >= 15 is 0 Å². The Morgan fingerprint density at radius 2 is 1.77 bits per heavy atom. The Kier molecular flexibility index (Phi) is 8.55. The normalized spacial score (nSPS) is 17.6. The third-order valence-electron chi connectivity index (χ3n) is 7.06. The number of hydrogen-bond donors (Lipinski definition) is 3. The predicted molar refractivity (Wildman–Crippen MR) is 153 cm³/mol. The van der Waals surface area contributed by atoms with E-state index in [2.05, 4.69) is 19.4 Å². The minimum absolute atomic E-state index is 0.0124. The van der Waals surface area contributed by atoms with Crippen molar-refractivity contribution in [3.63, 3.8) is 0 Å². The van der Waals surface area contributed by atoms with Gasteiger partial charge in [-0.1, -0.05) is 55.5 Å². The van der Waals surface area contributed by atoms with Crippen LogP contribution in [0.1, 0.15) is 35.2 Å². The first-order valence-electron chi connectivity index (χ1n) is 13.0. The molecular formula is C29H30F2N4O3S2. The fourth-order valence-electron chi connectivity index (χ4n) is 5.04. The van der Waals surface area contributed by atoms with Crippen molar-refractivity contribution in [3.8, 4) is 11.3 Å². The van der Waals surface area contributed by atoms with Crippen LogP contribution in [0.15, 0.2) is 66.7 Å². The molecule has 0 aliphatic carbocycles. The fraction of sp³-hybridized carbons (Fsp3) is 0.310. The number of benzene rings is 3. The lowest BCUT2D eigenvalue weighted by Crippen LogP contribution is -2.45. The van der Waals surface area contributed by atoms with E-state index in [-0.39, 0.29) is 24.5 Å². The number of anilines is 1. The quantitative estimate of drug-likeness (QED) is 0.249. The maximum Gasteiger partial charge on any atom is 0.168 e. The summed E-state index contributed by atoms with van der Waals surface area (Å²) in [5.74, 6) is -1.08. The van der Waals surface area contributed by atoms with Gasteiger partial charge in [0.1, 0.15) is 17.3 Å². The molecule has 0 radical (unpaired) electrons. The number of nitrogens with zero attached hydrogens (tertiary/aromatic N) is 2. The first kappa shape index (κ1) is 28.3. The molecule has 40 heavy (non-hydrogen) atoms. The summed E-state index contributed by atoms with van der Waals surface area (Å²) in [5, 5.41) is 17.9. The molecule has 0 spiro atoms. The molecule has 0 bridgehead atoms. The molecule has 3 unspecified atom stereocenters. The number of aromatic nitrogens is 2. The summed E-state index contributed by atoms with van der Waals surface area (Å²) < 4.78 is 62.0. The molecule has 11 heteroatoms. The van der Waals surface area contributed by atoms with Crippen LogP contribution < -0.4 is 10.6 Å². The Hall–Kier alpha value is -3.25. The van der Waals surface area contributed by atoms with Crippen LogP contribution in [-0.2, 0) is 28.4 Å². The van der Waals surface area contributed by atoms with Crippen molar-refractivity contribution in [1.29, 1.82) is 0 Å². The van der Waals surface area contributed by atoms with E-state index in [0.717, 1.165) is 46.5 Å². The van der Waals surface area contributed by atoms with Crippen molar-refractivity contribution in [2.24, 2.45) is 0 Å². The minimum Gasteiger partial charge on any atom is -0.390 e. The number of aliphatic hydroxyl groups excluding tert-OH is 1. The van der Waals surface area contributed by atoms with E-state index in [4.69, 9.17) is 0 Å². The van der Waals surface area contributed by atoms with Gasteiger partial charge in [-0.3, -0.25) is 0 Å². The maximum absolute atomic E-state index is 14.0. The van der Waals surface area contributed by atoms with Gasteiger partial charge in [-0.15, -0.1) is 0 Å².